The van der Waals surface area contributed by atoms with Crippen molar-refractivity contribution >= 4 is 50.1 Å². The fourth-order valence-corrected chi connectivity index (χ4v) is 4.88. The Bertz CT molecular complexity index is 1380. The Morgan fingerprint density at radius 1 is 1.34 bits per heavy atom. The molecule has 3 rings (SSSR count). The molecule has 2 heterocycles. The van der Waals surface area contributed by atoms with Gasteiger partial charge in [0.05, 0.1) is 5.75 Å². The molecule has 0 unspecified atom stereocenters. The summed E-state index contributed by atoms with van der Waals surface area (Å²) < 4.78 is 29.5. The number of nitrogens with one attached hydrogen (secondary N) is 1. The van der Waals surface area contributed by atoms with Crippen LogP contribution in [0, 0.1) is 32.1 Å². The van der Waals surface area contributed by atoms with Crippen molar-refractivity contribution in [2.75, 3.05) is 11.1 Å². The van der Waals surface area contributed by atoms with Crippen molar-refractivity contribution in [3.05, 3.63) is 57.4 Å². The van der Waals surface area contributed by atoms with Gasteiger partial charge >= 0.3 is 0 Å². The Balaban J connectivity index is 1.93. The number of amides is 1. The highest BCUT2D eigenvalue weighted by atomic mass is 35.5. The normalized spacial score (nSPS) is 11.9. The molecule has 0 saturated carbocycles. The van der Waals surface area contributed by atoms with Crippen molar-refractivity contribution in [3.8, 4) is 11.8 Å². The predicted octanol–water partition coefficient (Wildman–Crippen LogP) is 4.25. The maximum Gasteiger partial charge on any atom is 0.268 e. The van der Waals surface area contributed by atoms with Crippen LogP contribution in [-0.4, -0.2) is 34.0 Å². The summed E-state index contributed by atoms with van der Waals surface area (Å²) in [5, 5.41) is 12.3. The van der Waals surface area contributed by atoms with Crippen molar-refractivity contribution in [2.24, 2.45) is 0 Å². The predicted molar refractivity (Wildman–Crippen MR) is 125 cm³/mol. The summed E-state index contributed by atoms with van der Waals surface area (Å²) in [6, 6.07) is 9.39. The molecular formula is C21H20ClN5O3S2. The second-order valence-electron chi connectivity index (χ2n) is 6.96. The number of nitrogens with zero attached hydrogens (tertiary/aromatic N) is 4. The number of aryl methyl sites for hydroxylation is 1. The minimum Gasteiger partial charge on any atom is -0.318 e. The summed E-state index contributed by atoms with van der Waals surface area (Å²) >= 11 is 7.01. The quantitative estimate of drug-likeness (QED) is 0.408. The first-order valence-electron chi connectivity index (χ1n) is 9.53. The maximum absolute atomic E-state index is 12.6. The van der Waals surface area contributed by atoms with Crippen molar-refractivity contribution in [1.29, 1.82) is 5.26 Å². The number of halogens is 1. The van der Waals surface area contributed by atoms with E-state index in [1.54, 1.807) is 0 Å². The number of sulfone groups is 1. The van der Waals surface area contributed by atoms with E-state index >= 15 is 0 Å². The maximum atomic E-state index is 12.6. The third-order valence-electron chi connectivity index (χ3n) is 4.90. The van der Waals surface area contributed by atoms with E-state index in [1.165, 1.54) is 13.0 Å². The minimum atomic E-state index is -3.58. The molecule has 0 aliphatic heterocycles. The van der Waals surface area contributed by atoms with E-state index in [4.69, 9.17) is 11.6 Å². The Labute approximate surface area is 195 Å². The van der Waals surface area contributed by atoms with Gasteiger partial charge in [-0.25, -0.2) is 8.42 Å². The van der Waals surface area contributed by atoms with Crippen LogP contribution in [0.5, 0.6) is 0 Å². The number of hydrogen-bond donors (Lipinski definition) is 1. The van der Waals surface area contributed by atoms with Gasteiger partial charge in [-0.1, -0.05) is 24.6 Å². The fourth-order valence-electron chi connectivity index (χ4n) is 3.13. The number of benzene rings is 1. The van der Waals surface area contributed by atoms with Crippen molar-refractivity contribution in [2.45, 2.75) is 32.9 Å². The van der Waals surface area contributed by atoms with Crippen LogP contribution in [0.1, 0.15) is 29.4 Å². The van der Waals surface area contributed by atoms with E-state index in [9.17, 15) is 18.5 Å². The Hall–Kier alpha value is -3.00. The van der Waals surface area contributed by atoms with Crippen molar-refractivity contribution < 1.29 is 13.2 Å². The highest BCUT2D eigenvalue weighted by Crippen LogP contribution is 2.28. The number of aromatic nitrogens is 3. The van der Waals surface area contributed by atoms with Gasteiger partial charge in [0.15, 0.2) is 0 Å². The molecule has 2 aromatic heterocycles. The lowest BCUT2D eigenvalue weighted by Crippen LogP contribution is -2.14. The number of anilines is 1. The third-order valence-corrected chi connectivity index (χ3v) is 7.56. The summed E-state index contributed by atoms with van der Waals surface area (Å²) in [7, 11) is -3.58. The van der Waals surface area contributed by atoms with Gasteiger partial charge in [0.1, 0.15) is 11.6 Å². The molecule has 0 atom stereocenters. The SMILES string of the molecule is CCS(=O)(=O)c1nsc(NC(=O)/C(C#N)=C\c2cc(C)n(-c3cccc(Cl)c3C)c2C)n1. The molecule has 8 nitrogen and oxygen atoms in total. The average Bonchev–Trinajstić information content (AvgIpc) is 3.33. The first kappa shape index (κ1) is 23.7. The van der Waals surface area contributed by atoms with Gasteiger partial charge in [0, 0.05) is 33.6 Å². The molecule has 0 radical (unpaired) electrons. The van der Waals surface area contributed by atoms with Crippen LogP contribution >= 0.6 is 23.1 Å². The number of nitriles is 1. The zero-order valence-electron chi connectivity index (χ0n) is 17.8. The van der Waals surface area contributed by atoms with E-state index in [1.807, 2.05) is 55.7 Å². The lowest BCUT2D eigenvalue weighted by Gasteiger charge is -2.13. The van der Waals surface area contributed by atoms with Crippen molar-refractivity contribution in [3.63, 3.8) is 0 Å². The molecule has 1 aromatic carbocycles. The lowest BCUT2D eigenvalue weighted by atomic mass is 10.1. The summed E-state index contributed by atoms with van der Waals surface area (Å²) in [5.74, 6) is -0.852. The van der Waals surface area contributed by atoms with Gasteiger partial charge < -0.3 is 4.57 Å². The number of carbonyl (C=O) groups is 1. The molecule has 1 amide bonds. The van der Waals surface area contributed by atoms with Gasteiger partial charge in [-0.3, -0.25) is 10.1 Å². The molecule has 3 aromatic rings. The van der Waals surface area contributed by atoms with E-state index < -0.39 is 15.7 Å². The zero-order chi connectivity index (χ0) is 23.6. The molecule has 32 heavy (non-hydrogen) atoms. The minimum absolute atomic E-state index is 0.00296. The first-order valence-corrected chi connectivity index (χ1v) is 12.3. The van der Waals surface area contributed by atoms with Gasteiger partial charge in [0.25, 0.3) is 11.1 Å². The first-order chi connectivity index (χ1) is 15.1. The second kappa shape index (κ2) is 9.24. The molecule has 0 spiro atoms. The van der Waals surface area contributed by atoms with E-state index in [0.717, 1.165) is 34.2 Å². The molecule has 0 fully saturated rings. The lowest BCUT2D eigenvalue weighted by molar-refractivity contribution is -0.112. The summed E-state index contributed by atoms with van der Waals surface area (Å²) in [6.07, 6.45) is 1.48. The van der Waals surface area contributed by atoms with Crippen LogP contribution in [0.4, 0.5) is 5.13 Å². The molecule has 11 heteroatoms. The Morgan fingerprint density at radius 3 is 2.72 bits per heavy atom. The smallest absolute Gasteiger partial charge is 0.268 e. The number of rotatable bonds is 6. The van der Waals surface area contributed by atoms with Crippen molar-refractivity contribution in [1.82, 2.24) is 13.9 Å². The Morgan fingerprint density at radius 2 is 2.06 bits per heavy atom. The molecule has 0 bridgehead atoms. The Kier molecular flexibility index (Phi) is 6.83. The monoisotopic (exact) mass is 489 g/mol. The fraction of sp³-hybridized carbons (Fsp3) is 0.238. The largest absolute Gasteiger partial charge is 0.318 e. The van der Waals surface area contributed by atoms with Crippen LogP contribution in [0.3, 0.4) is 0 Å². The van der Waals surface area contributed by atoms with E-state index in [0.29, 0.717) is 10.6 Å². The highest BCUT2D eigenvalue weighted by molar-refractivity contribution is 7.91. The topological polar surface area (TPSA) is 118 Å². The summed E-state index contributed by atoms with van der Waals surface area (Å²) in [5.41, 5.74) is 4.12. The zero-order valence-corrected chi connectivity index (χ0v) is 20.2. The van der Waals surface area contributed by atoms with Gasteiger partial charge in [-0.05, 0) is 56.2 Å². The average molecular weight is 490 g/mol. The van der Waals surface area contributed by atoms with Crippen LogP contribution in [0.2, 0.25) is 5.02 Å². The molecular weight excluding hydrogens is 470 g/mol. The van der Waals surface area contributed by atoms with Crippen LogP contribution in [-0.2, 0) is 14.6 Å². The van der Waals surface area contributed by atoms with Gasteiger partial charge in [-0.2, -0.15) is 14.6 Å². The van der Waals surface area contributed by atoms with E-state index in [2.05, 4.69) is 14.7 Å². The highest BCUT2D eigenvalue weighted by Gasteiger charge is 2.20. The van der Waals surface area contributed by atoms with Gasteiger partial charge in [-0.15, -0.1) is 0 Å². The molecule has 0 aliphatic carbocycles. The second-order valence-corrected chi connectivity index (χ2v) is 10.3. The number of carbonyl (C=O) groups excluding carboxylic acids is 1. The van der Waals surface area contributed by atoms with Crippen LogP contribution in [0.15, 0.2) is 35.0 Å². The van der Waals surface area contributed by atoms with Crippen LogP contribution < -0.4 is 5.32 Å². The summed E-state index contributed by atoms with van der Waals surface area (Å²) in [4.78, 5) is 16.5. The summed E-state index contributed by atoms with van der Waals surface area (Å²) in [6.45, 7) is 7.22. The molecule has 166 valence electrons. The molecule has 0 saturated heterocycles. The van der Waals surface area contributed by atoms with Gasteiger partial charge in [0.2, 0.25) is 15.0 Å². The molecule has 0 aliphatic rings. The standard InChI is InChI=1S/C21H20ClN5O3S2/c1-5-32(29,30)21-25-20(31-26-21)24-19(28)16(11-23)10-15-9-12(2)27(14(15)4)18-8-6-7-17(22)13(18)3/h6-10H,5H2,1-4H3,(H,24,25,26,28)/b16-10-. The third kappa shape index (κ3) is 4.60. The van der Waals surface area contributed by atoms with E-state index in [-0.39, 0.29) is 21.6 Å². The number of hydrogen-bond acceptors (Lipinski definition) is 7. The molecule has 1 N–H and O–H groups in total. The van der Waals surface area contributed by atoms with Crippen LogP contribution in [0.25, 0.3) is 11.8 Å².